The van der Waals surface area contributed by atoms with Crippen molar-refractivity contribution in [1.82, 2.24) is 19.9 Å². The highest BCUT2D eigenvalue weighted by Crippen LogP contribution is 2.23. The number of benzene rings is 2. The molecule has 0 aliphatic rings. The van der Waals surface area contributed by atoms with E-state index in [1.54, 1.807) is 0 Å². The van der Waals surface area contributed by atoms with E-state index in [0.717, 1.165) is 45.5 Å². The Labute approximate surface area is 247 Å². The van der Waals surface area contributed by atoms with Gasteiger partial charge in [-0.3, -0.25) is 9.97 Å². The molecular weight excluding hydrogens is 516 g/mol. The highest BCUT2D eigenvalue weighted by molar-refractivity contribution is 5.55. The summed E-state index contributed by atoms with van der Waals surface area (Å²) in [7, 11) is 0. The third kappa shape index (κ3) is 7.04. The summed E-state index contributed by atoms with van der Waals surface area (Å²) in [6, 6.07) is 45.2. The highest BCUT2D eigenvalue weighted by Gasteiger charge is 2.13. The Balaban J connectivity index is 1.24. The molecule has 0 fully saturated rings. The van der Waals surface area contributed by atoms with E-state index in [-0.39, 0.29) is 0 Å². The molecule has 0 saturated carbocycles. The van der Waals surface area contributed by atoms with Crippen LogP contribution >= 0.6 is 0 Å². The quantitative estimate of drug-likeness (QED) is 0.169. The van der Waals surface area contributed by atoms with E-state index in [0.29, 0.717) is 26.2 Å². The predicted molar refractivity (Wildman–Crippen MR) is 169 cm³/mol. The zero-order chi connectivity index (χ0) is 28.4. The summed E-state index contributed by atoms with van der Waals surface area (Å²) in [4.78, 5) is 23.8. The van der Waals surface area contributed by atoms with Crippen molar-refractivity contribution in [3.8, 4) is 11.4 Å². The molecule has 4 heterocycles. The van der Waals surface area contributed by atoms with Crippen molar-refractivity contribution in [2.75, 3.05) is 9.80 Å². The van der Waals surface area contributed by atoms with E-state index >= 15 is 0 Å². The summed E-state index contributed by atoms with van der Waals surface area (Å²) < 4.78 is 0. The van der Waals surface area contributed by atoms with Gasteiger partial charge in [0, 0.05) is 23.8 Å². The summed E-state index contributed by atoms with van der Waals surface area (Å²) >= 11 is 0. The van der Waals surface area contributed by atoms with Gasteiger partial charge in [0.1, 0.15) is 0 Å². The van der Waals surface area contributed by atoms with Gasteiger partial charge in [-0.05, 0) is 72.8 Å². The van der Waals surface area contributed by atoms with Gasteiger partial charge in [0.25, 0.3) is 0 Å². The summed E-state index contributed by atoms with van der Waals surface area (Å²) in [6.45, 7) is 2.69. The normalized spacial score (nSPS) is 10.8. The summed E-state index contributed by atoms with van der Waals surface area (Å²) in [5.41, 5.74) is 7.95. The van der Waals surface area contributed by atoms with Gasteiger partial charge >= 0.3 is 0 Å². The van der Waals surface area contributed by atoms with Crippen LogP contribution in [0.1, 0.15) is 22.8 Å². The number of pyridine rings is 4. The summed E-state index contributed by atoms with van der Waals surface area (Å²) in [5, 5.41) is 0. The minimum atomic E-state index is 0.653. The van der Waals surface area contributed by atoms with Gasteiger partial charge in [-0.1, -0.05) is 60.7 Å². The predicted octanol–water partition coefficient (Wildman–Crippen LogP) is 7.35. The van der Waals surface area contributed by atoms with E-state index in [4.69, 9.17) is 9.97 Å². The summed E-state index contributed by atoms with van der Waals surface area (Å²) in [5.74, 6) is 0. The Bertz CT molecular complexity index is 1550. The minimum Gasteiger partial charge on any atom is -0.360 e. The third-order valence-corrected chi connectivity index (χ3v) is 6.98. The SMILES string of the molecule is c1ccc(N(Cc2ccccn2)Cc2cccc(-c3cccc(CN(Cc4ccccn4)c4ccccc4)n3)n2)cc1. The molecule has 6 aromatic rings. The summed E-state index contributed by atoms with van der Waals surface area (Å²) in [6.07, 6.45) is 3.68. The van der Waals surface area contributed by atoms with Crippen LogP contribution in [0.5, 0.6) is 0 Å². The molecule has 0 atom stereocenters. The lowest BCUT2D eigenvalue weighted by Gasteiger charge is -2.25. The fourth-order valence-corrected chi connectivity index (χ4v) is 4.94. The van der Waals surface area contributed by atoms with Crippen LogP contribution in [0.25, 0.3) is 11.4 Å². The Morgan fingerprint density at radius 1 is 0.357 bits per heavy atom. The van der Waals surface area contributed by atoms with Gasteiger partial charge in [0.15, 0.2) is 0 Å². The second kappa shape index (κ2) is 13.3. The number of para-hydroxylation sites is 2. The minimum absolute atomic E-state index is 0.653. The molecule has 0 aliphatic heterocycles. The average Bonchev–Trinajstić information content (AvgIpc) is 3.06. The van der Waals surface area contributed by atoms with Gasteiger partial charge in [0.05, 0.1) is 60.3 Å². The number of anilines is 2. The van der Waals surface area contributed by atoms with Crippen molar-refractivity contribution in [2.45, 2.75) is 26.2 Å². The molecule has 42 heavy (non-hydrogen) atoms. The molecule has 0 aliphatic carbocycles. The lowest BCUT2D eigenvalue weighted by atomic mass is 10.2. The molecule has 6 rings (SSSR count). The van der Waals surface area contributed by atoms with Gasteiger partial charge in [-0.15, -0.1) is 0 Å². The van der Waals surface area contributed by atoms with Crippen LogP contribution in [0.3, 0.4) is 0 Å². The molecule has 0 unspecified atom stereocenters. The van der Waals surface area contributed by atoms with Gasteiger partial charge in [-0.25, -0.2) is 9.97 Å². The lowest BCUT2D eigenvalue weighted by Crippen LogP contribution is -2.23. The molecule has 6 heteroatoms. The van der Waals surface area contributed by atoms with Crippen LogP contribution in [0.4, 0.5) is 11.4 Å². The molecule has 4 aromatic heterocycles. The molecule has 0 N–H and O–H groups in total. The molecule has 0 bridgehead atoms. The zero-order valence-electron chi connectivity index (χ0n) is 23.4. The number of rotatable bonds is 11. The molecule has 0 amide bonds. The van der Waals surface area contributed by atoms with Gasteiger partial charge in [0.2, 0.25) is 0 Å². The van der Waals surface area contributed by atoms with Crippen molar-refractivity contribution in [3.63, 3.8) is 0 Å². The van der Waals surface area contributed by atoms with E-state index in [9.17, 15) is 0 Å². The smallest absolute Gasteiger partial charge is 0.0890 e. The average molecular weight is 549 g/mol. The van der Waals surface area contributed by atoms with E-state index in [1.807, 2.05) is 60.9 Å². The first-order valence-corrected chi connectivity index (χ1v) is 14.1. The fourth-order valence-electron chi connectivity index (χ4n) is 4.94. The molecular formula is C36H32N6. The Hall–Kier alpha value is -5.36. The van der Waals surface area contributed by atoms with Crippen LogP contribution in [0.15, 0.2) is 146 Å². The second-order valence-electron chi connectivity index (χ2n) is 10.1. The van der Waals surface area contributed by atoms with Crippen LogP contribution in [0, 0.1) is 0 Å². The van der Waals surface area contributed by atoms with E-state index in [1.165, 1.54) is 0 Å². The third-order valence-electron chi connectivity index (χ3n) is 6.98. The maximum absolute atomic E-state index is 5.05. The van der Waals surface area contributed by atoms with E-state index in [2.05, 4.69) is 105 Å². The first-order valence-electron chi connectivity index (χ1n) is 14.1. The molecule has 0 saturated heterocycles. The van der Waals surface area contributed by atoms with Crippen LogP contribution in [-0.4, -0.2) is 19.9 Å². The van der Waals surface area contributed by atoms with Crippen LogP contribution < -0.4 is 9.80 Å². The zero-order valence-corrected chi connectivity index (χ0v) is 23.4. The fraction of sp³-hybridized carbons (Fsp3) is 0.111. The van der Waals surface area contributed by atoms with Crippen LogP contribution in [-0.2, 0) is 26.2 Å². The van der Waals surface area contributed by atoms with Crippen molar-refractivity contribution in [3.05, 3.63) is 169 Å². The van der Waals surface area contributed by atoms with Gasteiger partial charge in [-0.2, -0.15) is 0 Å². The highest BCUT2D eigenvalue weighted by atomic mass is 15.2. The topological polar surface area (TPSA) is 58.0 Å². The van der Waals surface area contributed by atoms with Crippen molar-refractivity contribution in [1.29, 1.82) is 0 Å². The Morgan fingerprint density at radius 3 is 1.14 bits per heavy atom. The van der Waals surface area contributed by atoms with Crippen molar-refractivity contribution < 1.29 is 0 Å². The van der Waals surface area contributed by atoms with Crippen LogP contribution in [0.2, 0.25) is 0 Å². The first-order chi connectivity index (χ1) is 20.8. The number of hydrogen-bond donors (Lipinski definition) is 0. The molecule has 2 aromatic carbocycles. The number of aromatic nitrogens is 4. The number of nitrogens with zero attached hydrogens (tertiary/aromatic N) is 6. The standard InChI is InChI=1S/C36H32N6/c1-3-17-33(18-4-1)41(25-29-13-7-9-23-37-29)27-31-15-11-21-35(39-31)36-22-12-16-32(40-36)28-42(34-19-5-2-6-20-34)26-30-14-8-10-24-38-30/h1-24H,25-28H2. The molecule has 6 nitrogen and oxygen atoms in total. The maximum atomic E-state index is 5.05. The largest absolute Gasteiger partial charge is 0.360 e. The molecule has 206 valence electrons. The molecule has 0 radical (unpaired) electrons. The first kappa shape index (κ1) is 26.8. The van der Waals surface area contributed by atoms with E-state index < -0.39 is 0 Å². The van der Waals surface area contributed by atoms with Crippen molar-refractivity contribution in [2.24, 2.45) is 0 Å². The second-order valence-corrected chi connectivity index (χ2v) is 10.1. The Kier molecular flexibility index (Phi) is 8.52. The maximum Gasteiger partial charge on any atom is 0.0890 e. The monoisotopic (exact) mass is 548 g/mol. The Morgan fingerprint density at radius 2 is 0.738 bits per heavy atom. The van der Waals surface area contributed by atoms with Gasteiger partial charge < -0.3 is 9.80 Å². The number of hydrogen-bond acceptors (Lipinski definition) is 6. The lowest BCUT2D eigenvalue weighted by molar-refractivity contribution is 0.762. The molecule has 0 spiro atoms. The van der Waals surface area contributed by atoms with Crippen molar-refractivity contribution >= 4 is 11.4 Å².